The lowest BCUT2D eigenvalue weighted by molar-refractivity contribution is -0.319. The molecule has 0 radical (unpaired) electrons. The van der Waals surface area contributed by atoms with Crippen molar-refractivity contribution in [2.24, 2.45) is 17.8 Å². The third-order valence-corrected chi connectivity index (χ3v) is 14.2. The molecule has 3 heterocycles. The first-order valence-corrected chi connectivity index (χ1v) is 25.6. The monoisotopic (exact) mass is 1000 g/mol. The van der Waals surface area contributed by atoms with Crippen molar-refractivity contribution in [1.82, 2.24) is 9.80 Å². The van der Waals surface area contributed by atoms with Crippen molar-refractivity contribution in [3.8, 4) is 0 Å². The van der Waals surface area contributed by atoms with Crippen LogP contribution in [-0.4, -0.2) is 171 Å². The maximum absolute atomic E-state index is 14.0. The Labute approximate surface area is 421 Å². The Morgan fingerprint density at radius 2 is 1.58 bits per heavy atom. The molecule has 71 heavy (non-hydrogen) atoms. The van der Waals surface area contributed by atoms with E-state index in [-0.39, 0.29) is 44.4 Å². The molecule has 18 heteroatoms. The Morgan fingerprint density at radius 3 is 2.18 bits per heavy atom. The Kier molecular flexibility index (Phi) is 23.8. The number of aldehydes is 1. The van der Waals surface area contributed by atoms with Gasteiger partial charge in [-0.3, -0.25) is 28.9 Å². The number of carbonyl (C=O) groups excluding carboxylic acids is 6. The number of hydrogen-bond donors (Lipinski definition) is 1. The largest absolute Gasteiger partial charge is 0.463 e. The van der Waals surface area contributed by atoms with Gasteiger partial charge in [0.15, 0.2) is 18.0 Å². The lowest BCUT2D eigenvalue weighted by Gasteiger charge is -2.53. The van der Waals surface area contributed by atoms with Crippen LogP contribution in [0.1, 0.15) is 126 Å². The molecule has 3 saturated heterocycles. The van der Waals surface area contributed by atoms with Gasteiger partial charge in [-0.1, -0.05) is 51.1 Å². The van der Waals surface area contributed by atoms with Gasteiger partial charge in [0.2, 0.25) is 0 Å². The number of aliphatic hydroxyl groups is 1. The minimum Gasteiger partial charge on any atom is -0.463 e. The first kappa shape index (κ1) is 59.5. The average molecular weight is 1010 g/mol. The van der Waals surface area contributed by atoms with Crippen LogP contribution in [0.5, 0.6) is 0 Å². The summed E-state index contributed by atoms with van der Waals surface area (Å²) in [6.07, 6.45) is -6.57. The summed E-state index contributed by atoms with van der Waals surface area (Å²) in [6.45, 7) is 16.5. The Bertz CT molecular complexity index is 1850. The van der Waals surface area contributed by atoms with Crippen LogP contribution < -0.4 is 0 Å². The molecule has 18 nitrogen and oxygen atoms in total. The maximum Gasteiger partial charge on any atom is 0.309 e. The number of hydrogen-bond acceptors (Lipinski definition) is 18. The molecular formula is C53H84N2O16. The summed E-state index contributed by atoms with van der Waals surface area (Å²) in [6, 6.07) is 9.44. The predicted octanol–water partition coefficient (Wildman–Crippen LogP) is 5.40. The van der Waals surface area contributed by atoms with E-state index in [0.29, 0.717) is 26.1 Å². The fourth-order valence-corrected chi connectivity index (χ4v) is 10.8. The van der Waals surface area contributed by atoms with Crippen LogP contribution in [0, 0.1) is 17.8 Å². The highest BCUT2D eigenvalue weighted by molar-refractivity contribution is 5.73. The van der Waals surface area contributed by atoms with Gasteiger partial charge in [0.05, 0.1) is 36.9 Å². The summed E-state index contributed by atoms with van der Waals surface area (Å²) in [5.74, 6) is -4.70. The van der Waals surface area contributed by atoms with Crippen LogP contribution in [0.3, 0.4) is 0 Å². The van der Waals surface area contributed by atoms with E-state index >= 15 is 0 Å². The number of benzene rings is 1. The zero-order chi connectivity index (χ0) is 52.6. The summed E-state index contributed by atoms with van der Waals surface area (Å²) in [5, 5.41) is 12.8. The van der Waals surface area contributed by atoms with Crippen molar-refractivity contribution < 1.29 is 76.5 Å². The van der Waals surface area contributed by atoms with Gasteiger partial charge in [0, 0.05) is 65.6 Å². The second kappa shape index (κ2) is 28.4. The fourth-order valence-electron chi connectivity index (χ4n) is 10.8. The van der Waals surface area contributed by atoms with Crippen molar-refractivity contribution in [2.45, 2.75) is 205 Å². The Hall–Kier alpha value is -4.04. The molecule has 0 aromatic heterocycles. The first-order valence-electron chi connectivity index (χ1n) is 25.6. The average Bonchev–Trinajstić information content (AvgIpc) is 3.29. The Balaban J connectivity index is 1.77. The predicted molar refractivity (Wildman–Crippen MR) is 261 cm³/mol. The molecule has 0 bridgehead atoms. The molecule has 1 N–H and O–H groups in total. The van der Waals surface area contributed by atoms with Crippen molar-refractivity contribution in [3.63, 3.8) is 0 Å². The smallest absolute Gasteiger partial charge is 0.309 e. The van der Waals surface area contributed by atoms with Gasteiger partial charge < -0.3 is 57.4 Å². The number of cyclic esters (lactones) is 1. The second-order valence-corrected chi connectivity index (χ2v) is 20.2. The standard InChI is InChI=1S/C53H84N2O16/c1-13-42(59)68-40-29-44(61)64-33(4)23-26-55(25-19-18-22-38-20-16-15-17-21-38)31-41(67-36(7)57)32(3)28-39(24-27-56)46(50(40)63-12)51-48(62)47(54(10)11)49(34(5)66-51)70-45-30-53(9,71-37(8)58)52(35(6)65-45)69-43(60)14-2/h15-17,20-21,27,32-35,39-41,45-52,62H,13-14,18-19,22-26,28-31H2,1-12H3/t32-,33-,34-,35+,39+,40-,41+,45-,46+,47-,48-,49-,50-,51+,52+,53-/m1/s1. The highest BCUT2D eigenvalue weighted by Gasteiger charge is 2.56. The first-order chi connectivity index (χ1) is 33.6. The molecule has 4 rings (SSSR count). The number of esters is 5. The molecule has 1 aromatic rings. The van der Waals surface area contributed by atoms with E-state index in [1.807, 2.05) is 32.0 Å². The summed E-state index contributed by atoms with van der Waals surface area (Å²) in [5.41, 5.74) is -0.0943. The number of likely N-dealkylation sites (N-methyl/N-ethyl adjacent to an activating group) is 1. The number of methoxy groups -OCH3 is 1. The van der Waals surface area contributed by atoms with Crippen LogP contribution >= 0.6 is 0 Å². The third-order valence-electron chi connectivity index (χ3n) is 14.2. The van der Waals surface area contributed by atoms with Crippen molar-refractivity contribution in [1.29, 1.82) is 0 Å². The number of ether oxygens (including phenoxy) is 9. The van der Waals surface area contributed by atoms with Gasteiger partial charge in [-0.2, -0.15) is 0 Å². The molecule has 0 aliphatic carbocycles. The molecule has 1 aromatic carbocycles. The van der Waals surface area contributed by atoms with Crippen LogP contribution in [0.15, 0.2) is 30.3 Å². The number of nitrogens with zero attached hydrogens (tertiary/aromatic N) is 2. The summed E-state index contributed by atoms with van der Waals surface area (Å²) < 4.78 is 55.9. The van der Waals surface area contributed by atoms with Crippen LogP contribution in [-0.2, 0) is 77.8 Å². The SMILES string of the molecule is CCC(=O)O[C@@H]1CC(=O)O[C@H](C)CCN(CCCCc2ccccc2)C[C@H](OC(C)=O)[C@H](C)C[C@H](CC=O)[C@H]([C@@H]2O[C@H](C)[C@@H](O[C@@H]3C[C@@](C)(OC(C)=O)[C@@H](OC(=O)CC)[C@H](C)O3)[C@H](N(C)C)[C@H]2O)[C@@H]1OC. The molecule has 0 amide bonds. The topological polar surface area (TPSA) is 212 Å². The number of unbranched alkanes of at least 4 members (excludes halogenated alkanes) is 1. The fraction of sp³-hybridized carbons (Fsp3) is 0.774. The quantitative estimate of drug-likeness (QED) is 0.0845. The van der Waals surface area contributed by atoms with Crippen molar-refractivity contribution in [3.05, 3.63) is 35.9 Å². The minimum absolute atomic E-state index is 0.00937. The van der Waals surface area contributed by atoms with Crippen molar-refractivity contribution in [2.75, 3.05) is 40.8 Å². The number of aliphatic hydroxyl groups excluding tert-OH is 1. The molecule has 0 saturated carbocycles. The lowest BCUT2D eigenvalue weighted by Crippen LogP contribution is -2.67. The van der Waals surface area contributed by atoms with Gasteiger partial charge >= 0.3 is 29.8 Å². The van der Waals surface area contributed by atoms with E-state index in [2.05, 4.69) is 17.0 Å². The molecule has 3 aliphatic heterocycles. The summed E-state index contributed by atoms with van der Waals surface area (Å²) in [7, 11) is 4.98. The zero-order valence-electron chi connectivity index (χ0n) is 44.3. The Morgan fingerprint density at radius 1 is 0.901 bits per heavy atom. The maximum atomic E-state index is 14.0. The summed E-state index contributed by atoms with van der Waals surface area (Å²) >= 11 is 0. The van der Waals surface area contributed by atoms with Crippen LogP contribution in [0.2, 0.25) is 0 Å². The third kappa shape index (κ3) is 17.3. The van der Waals surface area contributed by atoms with Crippen LogP contribution in [0.4, 0.5) is 0 Å². The van der Waals surface area contributed by atoms with E-state index in [1.165, 1.54) is 26.5 Å². The lowest BCUT2D eigenvalue weighted by atomic mass is 9.71. The van der Waals surface area contributed by atoms with Gasteiger partial charge in [0.25, 0.3) is 0 Å². The normalized spacial score (nSPS) is 34.7. The van der Waals surface area contributed by atoms with Gasteiger partial charge in [-0.05, 0) is 97.8 Å². The van der Waals surface area contributed by atoms with Gasteiger partial charge in [-0.25, -0.2) is 0 Å². The molecule has 0 spiro atoms. The second-order valence-electron chi connectivity index (χ2n) is 20.2. The van der Waals surface area contributed by atoms with Crippen molar-refractivity contribution >= 4 is 36.1 Å². The number of rotatable bonds is 18. The molecule has 3 fully saturated rings. The van der Waals surface area contributed by atoms with Gasteiger partial charge in [0.1, 0.15) is 36.8 Å². The highest BCUT2D eigenvalue weighted by atomic mass is 16.7. The molecule has 402 valence electrons. The van der Waals surface area contributed by atoms with E-state index in [9.17, 15) is 33.9 Å². The van der Waals surface area contributed by atoms with E-state index in [1.54, 1.807) is 53.6 Å². The molecule has 3 aliphatic rings. The summed E-state index contributed by atoms with van der Waals surface area (Å²) in [4.78, 5) is 82.0. The van der Waals surface area contributed by atoms with Crippen LogP contribution in [0.25, 0.3) is 0 Å². The van der Waals surface area contributed by atoms with E-state index in [4.69, 9.17) is 42.6 Å². The number of carbonyl (C=O) groups is 6. The minimum atomic E-state index is -1.37. The van der Waals surface area contributed by atoms with E-state index < -0.39 is 121 Å². The molecule has 16 atom stereocenters. The molecule has 0 unspecified atom stereocenters. The molecular weight excluding hydrogens is 921 g/mol. The van der Waals surface area contributed by atoms with Gasteiger partial charge in [-0.15, -0.1) is 0 Å². The zero-order valence-corrected chi connectivity index (χ0v) is 44.3. The number of aryl methyl sites for hydroxylation is 1. The highest BCUT2D eigenvalue weighted by Crippen LogP contribution is 2.43. The van der Waals surface area contributed by atoms with E-state index in [0.717, 1.165) is 25.5 Å².